The summed E-state index contributed by atoms with van der Waals surface area (Å²) in [6.07, 6.45) is 1.62. The maximum absolute atomic E-state index is 13.2. The van der Waals surface area contributed by atoms with Gasteiger partial charge in [0.1, 0.15) is 0 Å². The highest BCUT2D eigenvalue weighted by Gasteiger charge is 2.59. The highest BCUT2D eigenvalue weighted by molar-refractivity contribution is 7.15. The van der Waals surface area contributed by atoms with Crippen LogP contribution >= 0.6 is 11.3 Å². The number of anilines is 1. The average molecular weight is 514 g/mol. The SMILES string of the molecule is CC(C)(C)C(=O)Nc1nc2c(s1)C[C@@H]1[C@](C)(CO)[C@H](O)CC[C@@]1(C)[C@@H]2CC(=O)NCc1ccccc1. The zero-order valence-corrected chi connectivity index (χ0v) is 22.7. The fourth-order valence-electron chi connectivity index (χ4n) is 6.04. The number of hydrogen-bond donors (Lipinski definition) is 4. The molecular weight excluding hydrogens is 474 g/mol. The third-order valence-electron chi connectivity index (χ3n) is 8.52. The lowest BCUT2D eigenvalue weighted by Gasteiger charge is -2.58. The Kier molecular flexibility index (Phi) is 7.34. The van der Waals surface area contributed by atoms with Crippen LogP contribution < -0.4 is 10.6 Å². The predicted molar refractivity (Wildman–Crippen MR) is 142 cm³/mol. The number of aromatic nitrogens is 1. The summed E-state index contributed by atoms with van der Waals surface area (Å²) in [7, 11) is 0. The van der Waals surface area contributed by atoms with E-state index in [1.807, 2.05) is 58.0 Å². The number of benzene rings is 1. The first-order valence-corrected chi connectivity index (χ1v) is 13.6. The van der Waals surface area contributed by atoms with Crippen molar-refractivity contribution in [3.05, 3.63) is 46.5 Å². The molecular formula is C28H39N3O4S. The Morgan fingerprint density at radius 1 is 1.19 bits per heavy atom. The van der Waals surface area contributed by atoms with E-state index in [1.165, 1.54) is 11.3 Å². The molecule has 0 bridgehead atoms. The molecule has 4 N–H and O–H groups in total. The van der Waals surface area contributed by atoms with E-state index in [-0.39, 0.29) is 42.1 Å². The first kappa shape index (κ1) is 26.8. The normalized spacial score (nSPS) is 29.7. The van der Waals surface area contributed by atoms with Crippen molar-refractivity contribution in [3.8, 4) is 0 Å². The van der Waals surface area contributed by atoms with Gasteiger partial charge in [-0.3, -0.25) is 9.59 Å². The molecule has 7 nitrogen and oxygen atoms in total. The van der Waals surface area contributed by atoms with Gasteiger partial charge in [0, 0.05) is 34.6 Å². The summed E-state index contributed by atoms with van der Waals surface area (Å²) in [5.41, 5.74) is 0.348. The van der Waals surface area contributed by atoms with Gasteiger partial charge in [-0.2, -0.15) is 0 Å². The number of nitrogens with one attached hydrogen (secondary N) is 2. The largest absolute Gasteiger partial charge is 0.396 e. The highest BCUT2D eigenvalue weighted by Crippen LogP contribution is 2.62. The number of fused-ring (bicyclic) bond motifs is 2. The lowest BCUT2D eigenvalue weighted by atomic mass is 9.47. The smallest absolute Gasteiger partial charge is 0.231 e. The zero-order chi connectivity index (χ0) is 26.3. The van der Waals surface area contributed by atoms with Gasteiger partial charge in [0.05, 0.1) is 18.4 Å². The fraction of sp³-hybridized carbons (Fsp3) is 0.607. The van der Waals surface area contributed by atoms with Crippen LogP contribution in [0.2, 0.25) is 0 Å². The Labute approximate surface area is 217 Å². The molecule has 196 valence electrons. The topological polar surface area (TPSA) is 112 Å². The fourth-order valence-corrected chi connectivity index (χ4v) is 7.10. The van der Waals surface area contributed by atoms with Gasteiger partial charge in [-0.05, 0) is 36.2 Å². The third kappa shape index (κ3) is 4.95. The summed E-state index contributed by atoms with van der Waals surface area (Å²) in [5.74, 6) is -0.367. The van der Waals surface area contributed by atoms with Crippen LogP contribution in [0.3, 0.4) is 0 Å². The van der Waals surface area contributed by atoms with Gasteiger partial charge in [-0.15, -0.1) is 11.3 Å². The number of rotatable bonds is 6. The minimum absolute atomic E-state index is 0.0233. The van der Waals surface area contributed by atoms with E-state index in [4.69, 9.17) is 4.98 Å². The first-order valence-electron chi connectivity index (χ1n) is 12.8. The Balaban J connectivity index is 1.66. The van der Waals surface area contributed by atoms with E-state index in [2.05, 4.69) is 17.6 Å². The van der Waals surface area contributed by atoms with Crippen molar-refractivity contribution in [1.82, 2.24) is 10.3 Å². The molecule has 8 heteroatoms. The van der Waals surface area contributed by atoms with Crippen molar-refractivity contribution in [2.75, 3.05) is 11.9 Å². The van der Waals surface area contributed by atoms with Crippen molar-refractivity contribution < 1.29 is 19.8 Å². The number of hydrogen-bond acceptors (Lipinski definition) is 6. The Bertz CT molecular complexity index is 1110. The summed E-state index contributed by atoms with van der Waals surface area (Å²) in [6.45, 7) is 10.1. The number of carbonyl (C=O) groups excluding carboxylic acids is 2. The van der Waals surface area contributed by atoms with Crippen LogP contribution in [0.4, 0.5) is 5.13 Å². The number of aliphatic hydroxyl groups excluding tert-OH is 2. The molecule has 0 unspecified atom stereocenters. The van der Waals surface area contributed by atoms with E-state index in [1.54, 1.807) is 0 Å². The quantitative estimate of drug-likeness (QED) is 0.461. The van der Waals surface area contributed by atoms with E-state index >= 15 is 0 Å². The molecule has 0 saturated heterocycles. The Morgan fingerprint density at radius 3 is 2.53 bits per heavy atom. The molecule has 0 aliphatic heterocycles. The monoisotopic (exact) mass is 513 g/mol. The minimum Gasteiger partial charge on any atom is -0.396 e. The minimum atomic E-state index is -0.678. The molecule has 2 amide bonds. The molecule has 2 aliphatic carbocycles. The molecule has 0 radical (unpaired) electrons. The van der Waals surface area contributed by atoms with Crippen molar-refractivity contribution in [3.63, 3.8) is 0 Å². The van der Waals surface area contributed by atoms with Crippen molar-refractivity contribution in [2.24, 2.45) is 22.2 Å². The van der Waals surface area contributed by atoms with E-state index < -0.39 is 16.9 Å². The first-order chi connectivity index (χ1) is 16.9. The molecule has 2 aliphatic rings. The highest BCUT2D eigenvalue weighted by atomic mass is 32.1. The molecule has 0 spiro atoms. The van der Waals surface area contributed by atoms with E-state index in [0.29, 0.717) is 24.5 Å². The second kappa shape index (κ2) is 9.88. The molecule has 1 fully saturated rings. The van der Waals surface area contributed by atoms with Gasteiger partial charge in [0.2, 0.25) is 11.8 Å². The number of nitrogens with zero attached hydrogens (tertiary/aromatic N) is 1. The summed E-state index contributed by atoms with van der Waals surface area (Å²) in [5, 5.41) is 27.9. The van der Waals surface area contributed by atoms with Crippen LogP contribution in [-0.2, 0) is 22.6 Å². The number of aliphatic hydroxyl groups is 2. The second-order valence-electron chi connectivity index (χ2n) is 12.0. The van der Waals surface area contributed by atoms with Crippen LogP contribution in [0.15, 0.2) is 30.3 Å². The van der Waals surface area contributed by atoms with Gasteiger partial charge in [0.25, 0.3) is 0 Å². The summed E-state index contributed by atoms with van der Waals surface area (Å²) < 4.78 is 0. The van der Waals surface area contributed by atoms with Gasteiger partial charge < -0.3 is 20.8 Å². The summed E-state index contributed by atoms with van der Waals surface area (Å²) >= 11 is 1.45. The number of thiazole rings is 1. The second-order valence-corrected chi connectivity index (χ2v) is 13.1. The Morgan fingerprint density at radius 2 is 1.89 bits per heavy atom. The van der Waals surface area contributed by atoms with Crippen LogP contribution in [-0.4, -0.2) is 39.7 Å². The van der Waals surface area contributed by atoms with E-state index in [0.717, 1.165) is 22.6 Å². The van der Waals surface area contributed by atoms with E-state index in [9.17, 15) is 19.8 Å². The van der Waals surface area contributed by atoms with Crippen LogP contribution in [0.1, 0.15) is 75.9 Å². The molecule has 36 heavy (non-hydrogen) atoms. The molecule has 1 aromatic heterocycles. The maximum Gasteiger partial charge on any atom is 0.231 e. The molecule has 1 saturated carbocycles. The lowest BCUT2D eigenvalue weighted by Crippen LogP contribution is -2.57. The van der Waals surface area contributed by atoms with Crippen LogP contribution in [0.5, 0.6) is 0 Å². The summed E-state index contributed by atoms with van der Waals surface area (Å²) in [6, 6.07) is 9.81. The number of amides is 2. The molecule has 1 aromatic carbocycles. The number of carbonyl (C=O) groups is 2. The molecule has 2 aromatic rings. The lowest BCUT2D eigenvalue weighted by molar-refractivity contribution is -0.144. The third-order valence-corrected chi connectivity index (χ3v) is 9.53. The zero-order valence-electron chi connectivity index (χ0n) is 21.9. The van der Waals surface area contributed by atoms with Gasteiger partial charge in [0.15, 0.2) is 5.13 Å². The Hall–Kier alpha value is -2.29. The predicted octanol–water partition coefficient (Wildman–Crippen LogP) is 4.25. The molecule has 4 rings (SSSR count). The van der Waals surface area contributed by atoms with Crippen molar-refractivity contribution in [2.45, 2.75) is 78.9 Å². The molecule has 1 heterocycles. The standard InChI is InChI=1S/C28H39N3O4S/c1-26(2,3)24(35)31-25-30-23-18(13-22(34)29-15-17-9-7-6-8-10-17)27(4)12-11-21(33)28(5,16-32)20(27)14-19(23)36-25/h6-10,18,20-21,32-33H,11-16H2,1-5H3,(H,29,34)(H,30,31,35)/t18-,20+,21-,27+,28+/m1/s1. The van der Waals surface area contributed by atoms with Gasteiger partial charge in [-0.1, -0.05) is 65.0 Å². The van der Waals surface area contributed by atoms with Crippen LogP contribution in [0, 0.1) is 22.2 Å². The van der Waals surface area contributed by atoms with Crippen molar-refractivity contribution in [1.29, 1.82) is 0 Å². The average Bonchev–Trinajstić information content (AvgIpc) is 3.24. The molecule has 5 atom stereocenters. The van der Waals surface area contributed by atoms with Gasteiger partial charge >= 0.3 is 0 Å². The van der Waals surface area contributed by atoms with Crippen molar-refractivity contribution >= 4 is 28.3 Å². The van der Waals surface area contributed by atoms with Gasteiger partial charge in [-0.25, -0.2) is 4.98 Å². The maximum atomic E-state index is 13.2. The van der Waals surface area contributed by atoms with Crippen LogP contribution in [0.25, 0.3) is 0 Å². The summed E-state index contributed by atoms with van der Waals surface area (Å²) in [4.78, 5) is 31.8.